The van der Waals surface area contributed by atoms with Crippen molar-refractivity contribution in [3.63, 3.8) is 0 Å². The maximum absolute atomic E-state index is 12.7. The molecule has 0 bridgehead atoms. The molecule has 0 atom stereocenters. The van der Waals surface area contributed by atoms with Crippen LogP contribution in [0, 0.1) is 11.3 Å². The molecule has 0 spiro atoms. The van der Waals surface area contributed by atoms with Gasteiger partial charge < -0.3 is 14.8 Å². The van der Waals surface area contributed by atoms with Crippen LogP contribution in [0.5, 0.6) is 0 Å². The van der Waals surface area contributed by atoms with Crippen LogP contribution in [-0.2, 0) is 16.1 Å². The smallest absolute Gasteiger partial charge is 0.266 e. The Morgan fingerprint density at radius 3 is 2.56 bits per heavy atom. The summed E-state index contributed by atoms with van der Waals surface area (Å²) in [6, 6.07) is 14.3. The largest absolute Gasteiger partial charge is 0.341 e. The molecule has 32 heavy (non-hydrogen) atoms. The third-order valence-corrected chi connectivity index (χ3v) is 6.17. The van der Waals surface area contributed by atoms with Gasteiger partial charge in [0.2, 0.25) is 5.91 Å². The Labute approximate surface area is 195 Å². The summed E-state index contributed by atoms with van der Waals surface area (Å²) in [5.74, 6) is -0.493. The number of fused-ring (bicyclic) bond motifs is 1. The number of benzene rings is 2. The second-order valence-electron chi connectivity index (χ2n) is 7.57. The topological polar surface area (TPSA) is 78.1 Å². The maximum atomic E-state index is 12.7. The molecule has 8 heteroatoms. The lowest BCUT2D eigenvalue weighted by Crippen LogP contribution is -2.30. The number of carbonyl (C=O) groups excluding carboxylic acids is 2. The van der Waals surface area contributed by atoms with E-state index in [1.54, 1.807) is 12.1 Å². The molecule has 162 valence electrons. The summed E-state index contributed by atoms with van der Waals surface area (Å²) in [7, 11) is 0. The highest BCUT2D eigenvalue weighted by atomic mass is 35.5. The minimum absolute atomic E-state index is 0.0650. The van der Waals surface area contributed by atoms with Crippen LogP contribution in [0.1, 0.15) is 18.4 Å². The molecular weight excluding hydrogens is 447 g/mol. The van der Waals surface area contributed by atoms with Crippen molar-refractivity contribution in [1.29, 1.82) is 5.26 Å². The van der Waals surface area contributed by atoms with E-state index in [0.29, 0.717) is 21.3 Å². The summed E-state index contributed by atoms with van der Waals surface area (Å²) >= 11 is 11.9. The Hall–Kier alpha value is -3.27. The zero-order valence-electron chi connectivity index (χ0n) is 17.1. The van der Waals surface area contributed by atoms with Gasteiger partial charge in [-0.05, 0) is 43.2 Å². The van der Waals surface area contributed by atoms with Crippen LogP contribution < -0.4 is 5.32 Å². The van der Waals surface area contributed by atoms with Crippen LogP contribution in [-0.4, -0.2) is 34.4 Å². The van der Waals surface area contributed by atoms with Crippen LogP contribution in [0.4, 0.5) is 5.69 Å². The van der Waals surface area contributed by atoms with Crippen LogP contribution in [0.2, 0.25) is 10.0 Å². The molecule has 2 heterocycles. The molecule has 1 aliphatic heterocycles. The Balaban J connectivity index is 1.62. The lowest BCUT2D eigenvalue weighted by molar-refractivity contribution is -0.130. The van der Waals surface area contributed by atoms with E-state index in [9.17, 15) is 14.9 Å². The highest BCUT2D eigenvalue weighted by Gasteiger charge is 2.20. The fraction of sp³-hybridized carbons (Fsp3) is 0.208. The number of nitrogens with one attached hydrogen (secondary N) is 1. The molecule has 3 aromatic rings. The van der Waals surface area contributed by atoms with E-state index in [1.807, 2.05) is 46.0 Å². The summed E-state index contributed by atoms with van der Waals surface area (Å²) in [6.07, 6.45) is 5.41. The number of rotatable bonds is 5. The standard InChI is InChI=1S/C24H20Cl2N4O2/c25-20-8-7-18(12-21(20)26)28-24(32)16(13-27)11-17-14-30(22-6-2-1-5-19(17)22)15-23(31)29-9-3-4-10-29/h1-2,5-8,11-12,14H,3-4,9-10,15H2,(H,28,32)/b16-11+. The molecule has 0 unspecified atom stereocenters. The number of para-hydroxylation sites is 1. The summed E-state index contributed by atoms with van der Waals surface area (Å²) in [4.78, 5) is 27.2. The van der Waals surface area contributed by atoms with Gasteiger partial charge in [-0.3, -0.25) is 9.59 Å². The third-order valence-electron chi connectivity index (χ3n) is 5.43. The fourth-order valence-corrected chi connectivity index (χ4v) is 4.11. The van der Waals surface area contributed by atoms with Gasteiger partial charge in [-0.15, -0.1) is 0 Å². The van der Waals surface area contributed by atoms with Gasteiger partial charge >= 0.3 is 0 Å². The zero-order valence-corrected chi connectivity index (χ0v) is 18.7. The molecule has 2 amide bonds. The van der Waals surface area contributed by atoms with E-state index in [0.717, 1.165) is 36.8 Å². The van der Waals surface area contributed by atoms with Crippen LogP contribution in [0.15, 0.2) is 54.2 Å². The first-order chi connectivity index (χ1) is 15.5. The predicted octanol–water partition coefficient (Wildman–Crippen LogP) is 5.12. The number of halogens is 2. The summed E-state index contributed by atoms with van der Waals surface area (Å²) in [5, 5.41) is 13.8. The average molecular weight is 467 g/mol. The van der Waals surface area contributed by atoms with E-state index in [4.69, 9.17) is 23.2 Å². The molecule has 1 aliphatic rings. The van der Waals surface area contributed by atoms with Crippen LogP contribution >= 0.6 is 23.2 Å². The second-order valence-corrected chi connectivity index (χ2v) is 8.38. The molecule has 4 rings (SSSR count). The Morgan fingerprint density at radius 2 is 1.84 bits per heavy atom. The molecule has 1 aromatic heterocycles. The lowest BCUT2D eigenvalue weighted by Gasteiger charge is -2.15. The molecule has 2 aromatic carbocycles. The van der Waals surface area contributed by atoms with Crippen molar-refractivity contribution in [2.45, 2.75) is 19.4 Å². The molecule has 1 saturated heterocycles. The van der Waals surface area contributed by atoms with Gasteiger partial charge in [0.05, 0.1) is 10.0 Å². The van der Waals surface area contributed by atoms with Crippen molar-refractivity contribution in [1.82, 2.24) is 9.47 Å². The molecule has 0 saturated carbocycles. The van der Waals surface area contributed by atoms with Gasteiger partial charge in [-0.2, -0.15) is 5.26 Å². The first-order valence-electron chi connectivity index (χ1n) is 10.2. The fourth-order valence-electron chi connectivity index (χ4n) is 3.81. The first kappa shape index (κ1) is 21.9. The van der Waals surface area contributed by atoms with E-state index >= 15 is 0 Å². The quantitative estimate of drug-likeness (QED) is 0.418. The first-order valence-corrected chi connectivity index (χ1v) is 11.0. The van der Waals surface area contributed by atoms with E-state index < -0.39 is 5.91 Å². The lowest BCUT2D eigenvalue weighted by atomic mass is 10.1. The van der Waals surface area contributed by atoms with Crippen molar-refractivity contribution in [2.75, 3.05) is 18.4 Å². The normalized spacial score (nSPS) is 13.9. The predicted molar refractivity (Wildman–Crippen MR) is 126 cm³/mol. The van der Waals surface area contributed by atoms with E-state index in [-0.39, 0.29) is 18.0 Å². The number of carbonyl (C=O) groups is 2. The second kappa shape index (κ2) is 9.47. The number of hydrogen-bond acceptors (Lipinski definition) is 3. The third kappa shape index (κ3) is 4.64. The molecular formula is C24H20Cl2N4O2. The van der Waals surface area contributed by atoms with Gasteiger partial charge in [0, 0.05) is 41.4 Å². The van der Waals surface area contributed by atoms with Crippen molar-refractivity contribution in [3.8, 4) is 6.07 Å². The van der Waals surface area contributed by atoms with Gasteiger partial charge in [0.25, 0.3) is 5.91 Å². The molecule has 1 fully saturated rings. The molecule has 6 nitrogen and oxygen atoms in total. The number of amides is 2. The molecule has 1 N–H and O–H groups in total. The van der Waals surface area contributed by atoms with Gasteiger partial charge in [0.1, 0.15) is 18.2 Å². The Morgan fingerprint density at radius 1 is 1.09 bits per heavy atom. The summed E-state index contributed by atoms with van der Waals surface area (Å²) < 4.78 is 1.87. The zero-order chi connectivity index (χ0) is 22.7. The average Bonchev–Trinajstić information content (AvgIpc) is 3.44. The summed E-state index contributed by atoms with van der Waals surface area (Å²) in [6.45, 7) is 1.79. The number of nitriles is 1. The molecule has 0 aliphatic carbocycles. The maximum Gasteiger partial charge on any atom is 0.266 e. The number of nitrogens with zero attached hydrogens (tertiary/aromatic N) is 3. The van der Waals surface area contributed by atoms with E-state index in [1.165, 1.54) is 12.1 Å². The minimum atomic E-state index is -0.559. The van der Waals surface area contributed by atoms with Crippen molar-refractivity contribution in [2.24, 2.45) is 0 Å². The van der Waals surface area contributed by atoms with Crippen molar-refractivity contribution >= 4 is 57.7 Å². The number of anilines is 1. The minimum Gasteiger partial charge on any atom is -0.341 e. The highest BCUT2D eigenvalue weighted by molar-refractivity contribution is 6.42. The highest BCUT2D eigenvalue weighted by Crippen LogP contribution is 2.27. The number of aromatic nitrogens is 1. The number of likely N-dealkylation sites (tertiary alicyclic amines) is 1. The monoisotopic (exact) mass is 466 g/mol. The van der Waals surface area contributed by atoms with Crippen molar-refractivity contribution < 1.29 is 9.59 Å². The Kier molecular flexibility index (Phi) is 6.50. The SMILES string of the molecule is N#C/C(=C\c1cn(CC(=O)N2CCCC2)c2ccccc12)C(=O)Nc1ccc(Cl)c(Cl)c1. The molecule has 0 radical (unpaired) electrons. The van der Waals surface area contributed by atoms with Crippen LogP contribution in [0.3, 0.4) is 0 Å². The van der Waals surface area contributed by atoms with Gasteiger partial charge in [-0.25, -0.2) is 0 Å². The van der Waals surface area contributed by atoms with Gasteiger partial charge in [0.15, 0.2) is 0 Å². The van der Waals surface area contributed by atoms with E-state index in [2.05, 4.69) is 5.32 Å². The van der Waals surface area contributed by atoms with Crippen molar-refractivity contribution in [3.05, 3.63) is 69.8 Å². The van der Waals surface area contributed by atoms with Gasteiger partial charge in [-0.1, -0.05) is 41.4 Å². The summed E-state index contributed by atoms with van der Waals surface area (Å²) in [5.41, 5.74) is 1.93. The van der Waals surface area contributed by atoms with Crippen LogP contribution in [0.25, 0.3) is 17.0 Å². The number of hydrogen-bond donors (Lipinski definition) is 1. The Bertz CT molecular complexity index is 1270.